The molecule has 2 amide bonds. The lowest BCUT2D eigenvalue weighted by Gasteiger charge is -2.31. The third kappa shape index (κ3) is 4.42. The molecule has 6 heteroatoms. The molecule has 1 saturated heterocycles. The molecule has 1 heterocycles. The van der Waals surface area contributed by atoms with E-state index in [1.54, 1.807) is 7.11 Å². The van der Waals surface area contributed by atoms with Crippen LogP contribution in [0.2, 0.25) is 0 Å². The van der Waals surface area contributed by atoms with Crippen molar-refractivity contribution in [3.05, 3.63) is 18.2 Å². The van der Waals surface area contributed by atoms with E-state index in [0.717, 1.165) is 44.2 Å². The van der Waals surface area contributed by atoms with Crippen molar-refractivity contribution in [3.8, 4) is 11.5 Å². The van der Waals surface area contributed by atoms with Crippen molar-refractivity contribution in [2.24, 2.45) is 11.8 Å². The van der Waals surface area contributed by atoms with E-state index in [1.807, 2.05) is 23.1 Å². The Bertz CT molecular complexity index is 717. The van der Waals surface area contributed by atoms with Crippen LogP contribution in [0.15, 0.2) is 18.2 Å². The third-order valence-electron chi connectivity index (χ3n) is 6.13. The molecule has 6 nitrogen and oxygen atoms in total. The number of hydrogen-bond acceptors (Lipinski definition) is 4. The van der Waals surface area contributed by atoms with Crippen LogP contribution < -0.4 is 14.8 Å². The average Bonchev–Trinajstić information content (AvgIpc) is 3.45. The minimum Gasteiger partial charge on any atom is -0.493 e. The molecule has 28 heavy (non-hydrogen) atoms. The molecule has 2 aliphatic carbocycles. The molecule has 0 radical (unpaired) electrons. The summed E-state index contributed by atoms with van der Waals surface area (Å²) in [5.74, 6) is 1.89. The molecule has 152 valence electrons. The largest absolute Gasteiger partial charge is 0.493 e. The van der Waals surface area contributed by atoms with Crippen LogP contribution in [0, 0.1) is 11.8 Å². The standard InChI is InChI=1S/C22H30N2O4/c1-27-19-9-8-17(14-20(19)28-18-4-2-3-5-18)23-21(25)15-10-12-24(13-11-15)22(26)16-6-7-16/h8-9,14-16,18H,2-7,10-13H2,1H3,(H,23,25). The summed E-state index contributed by atoms with van der Waals surface area (Å²) in [7, 11) is 1.63. The van der Waals surface area contributed by atoms with Gasteiger partial charge in [0, 0.05) is 36.7 Å². The quantitative estimate of drug-likeness (QED) is 0.811. The number of nitrogens with one attached hydrogen (secondary N) is 1. The molecule has 0 bridgehead atoms. The maximum Gasteiger partial charge on any atom is 0.227 e. The zero-order chi connectivity index (χ0) is 19.5. The second-order valence-corrected chi connectivity index (χ2v) is 8.25. The van der Waals surface area contributed by atoms with Crippen molar-refractivity contribution in [2.75, 3.05) is 25.5 Å². The normalized spacial score (nSPS) is 20.8. The summed E-state index contributed by atoms with van der Waals surface area (Å²) in [5, 5.41) is 3.03. The zero-order valence-corrected chi connectivity index (χ0v) is 16.6. The lowest BCUT2D eigenvalue weighted by atomic mass is 9.95. The van der Waals surface area contributed by atoms with Crippen molar-refractivity contribution in [2.45, 2.75) is 57.5 Å². The van der Waals surface area contributed by atoms with Crippen LogP contribution in [0.25, 0.3) is 0 Å². The highest BCUT2D eigenvalue weighted by molar-refractivity contribution is 5.93. The highest BCUT2D eigenvalue weighted by Gasteiger charge is 2.36. The van der Waals surface area contributed by atoms with E-state index >= 15 is 0 Å². The second-order valence-electron chi connectivity index (χ2n) is 8.25. The average molecular weight is 386 g/mol. The number of ether oxygens (including phenoxy) is 2. The first-order valence-electron chi connectivity index (χ1n) is 10.6. The molecule has 1 N–H and O–H groups in total. The molecule has 1 aromatic rings. The summed E-state index contributed by atoms with van der Waals surface area (Å²) < 4.78 is 11.5. The van der Waals surface area contributed by atoms with Gasteiger partial charge in [-0.2, -0.15) is 0 Å². The summed E-state index contributed by atoms with van der Waals surface area (Å²) in [5.41, 5.74) is 0.732. The lowest BCUT2D eigenvalue weighted by molar-refractivity contribution is -0.135. The van der Waals surface area contributed by atoms with Crippen LogP contribution in [0.4, 0.5) is 5.69 Å². The van der Waals surface area contributed by atoms with Crippen molar-refractivity contribution in [1.82, 2.24) is 4.90 Å². The van der Waals surface area contributed by atoms with Gasteiger partial charge in [0.1, 0.15) is 0 Å². The molecule has 1 aliphatic heterocycles. The van der Waals surface area contributed by atoms with Crippen LogP contribution in [-0.2, 0) is 9.59 Å². The maximum atomic E-state index is 12.7. The van der Waals surface area contributed by atoms with Gasteiger partial charge in [-0.15, -0.1) is 0 Å². The molecule has 1 aromatic carbocycles. The Morgan fingerprint density at radius 1 is 0.964 bits per heavy atom. The minimum absolute atomic E-state index is 0.0236. The Balaban J connectivity index is 1.34. The highest BCUT2D eigenvalue weighted by Crippen LogP contribution is 2.35. The van der Waals surface area contributed by atoms with E-state index in [4.69, 9.17) is 9.47 Å². The van der Waals surface area contributed by atoms with Crippen LogP contribution >= 0.6 is 0 Å². The highest BCUT2D eigenvalue weighted by atomic mass is 16.5. The third-order valence-corrected chi connectivity index (χ3v) is 6.13. The fourth-order valence-corrected chi connectivity index (χ4v) is 4.23. The Morgan fingerprint density at radius 3 is 2.32 bits per heavy atom. The number of rotatable bonds is 6. The van der Waals surface area contributed by atoms with Gasteiger partial charge in [-0.25, -0.2) is 0 Å². The predicted molar refractivity (Wildman–Crippen MR) is 107 cm³/mol. The van der Waals surface area contributed by atoms with Crippen LogP contribution in [-0.4, -0.2) is 43.0 Å². The predicted octanol–water partition coefficient (Wildman–Crippen LogP) is 3.60. The van der Waals surface area contributed by atoms with Crippen molar-refractivity contribution in [1.29, 1.82) is 0 Å². The molecule has 3 aliphatic rings. The summed E-state index contributed by atoms with van der Waals surface area (Å²) >= 11 is 0. The number of carbonyl (C=O) groups excluding carboxylic acids is 2. The van der Waals surface area contributed by atoms with Crippen molar-refractivity contribution >= 4 is 17.5 Å². The Labute approximate surface area is 166 Å². The number of hydrogen-bond donors (Lipinski definition) is 1. The molecule has 0 spiro atoms. The fourth-order valence-electron chi connectivity index (χ4n) is 4.23. The topological polar surface area (TPSA) is 67.9 Å². The number of methoxy groups -OCH3 is 1. The number of anilines is 1. The van der Waals surface area contributed by atoms with Crippen molar-refractivity contribution < 1.29 is 19.1 Å². The van der Waals surface area contributed by atoms with E-state index in [2.05, 4.69) is 5.32 Å². The van der Waals surface area contributed by atoms with E-state index in [-0.39, 0.29) is 29.8 Å². The van der Waals surface area contributed by atoms with Gasteiger partial charge in [0.05, 0.1) is 13.2 Å². The van der Waals surface area contributed by atoms with E-state index in [1.165, 1.54) is 12.8 Å². The smallest absolute Gasteiger partial charge is 0.227 e. The molecule has 4 rings (SSSR count). The van der Waals surface area contributed by atoms with Crippen LogP contribution in [0.5, 0.6) is 11.5 Å². The number of amides is 2. The molecule has 0 atom stereocenters. The first-order valence-corrected chi connectivity index (χ1v) is 10.6. The molecular weight excluding hydrogens is 356 g/mol. The Kier molecular flexibility index (Phi) is 5.74. The first-order chi connectivity index (χ1) is 13.6. The summed E-state index contributed by atoms with van der Waals surface area (Å²) in [6.45, 7) is 1.37. The van der Waals surface area contributed by atoms with Crippen LogP contribution in [0.3, 0.4) is 0 Å². The van der Waals surface area contributed by atoms with E-state index in [0.29, 0.717) is 24.6 Å². The molecular formula is C22H30N2O4. The van der Waals surface area contributed by atoms with Gasteiger partial charge in [-0.05, 0) is 63.5 Å². The summed E-state index contributed by atoms with van der Waals surface area (Å²) in [4.78, 5) is 26.8. The summed E-state index contributed by atoms with van der Waals surface area (Å²) in [6, 6.07) is 5.56. The number of piperidine rings is 1. The molecule has 3 fully saturated rings. The van der Waals surface area contributed by atoms with E-state index in [9.17, 15) is 9.59 Å². The monoisotopic (exact) mass is 386 g/mol. The number of carbonyl (C=O) groups is 2. The second kappa shape index (κ2) is 8.41. The van der Waals surface area contributed by atoms with Gasteiger partial charge in [0.25, 0.3) is 0 Å². The minimum atomic E-state index is -0.0513. The number of likely N-dealkylation sites (tertiary alicyclic amines) is 1. The maximum absolute atomic E-state index is 12.7. The number of nitrogens with zero attached hydrogens (tertiary/aromatic N) is 1. The van der Waals surface area contributed by atoms with E-state index < -0.39 is 0 Å². The summed E-state index contributed by atoms with van der Waals surface area (Å²) in [6.07, 6.45) is 8.28. The van der Waals surface area contributed by atoms with Crippen molar-refractivity contribution in [3.63, 3.8) is 0 Å². The van der Waals surface area contributed by atoms with Crippen LogP contribution in [0.1, 0.15) is 51.4 Å². The molecule has 0 unspecified atom stereocenters. The number of benzene rings is 1. The Morgan fingerprint density at radius 2 is 1.68 bits per heavy atom. The zero-order valence-electron chi connectivity index (χ0n) is 16.6. The lowest BCUT2D eigenvalue weighted by Crippen LogP contribution is -2.42. The van der Waals surface area contributed by atoms with Gasteiger partial charge in [-0.1, -0.05) is 0 Å². The van der Waals surface area contributed by atoms with Gasteiger partial charge >= 0.3 is 0 Å². The van der Waals surface area contributed by atoms with Gasteiger partial charge in [0.2, 0.25) is 11.8 Å². The van der Waals surface area contributed by atoms with Gasteiger partial charge in [0.15, 0.2) is 11.5 Å². The Hall–Kier alpha value is -2.24. The molecule has 0 aromatic heterocycles. The van der Waals surface area contributed by atoms with Gasteiger partial charge < -0.3 is 19.7 Å². The first kappa shape index (κ1) is 19.1. The fraction of sp³-hybridized carbons (Fsp3) is 0.636. The SMILES string of the molecule is COc1ccc(NC(=O)C2CCN(C(=O)C3CC3)CC2)cc1OC1CCCC1. The molecule has 2 saturated carbocycles. The van der Waals surface area contributed by atoms with Gasteiger partial charge in [-0.3, -0.25) is 9.59 Å².